The molecule has 0 aliphatic carbocycles. The molecular formula is C10H15N3O3S. The molecule has 0 aromatic carbocycles. The first-order valence-electron chi connectivity index (χ1n) is 5.08. The molecule has 17 heavy (non-hydrogen) atoms. The first-order valence-corrected chi connectivity index (χ1v) is 6.30. The molecular weight excluding hydrogens is 242 g/mol. The van der Waals surface area contributed by atoms with Crippen LogP contribution in [0.5, 0.6) is 0 Å². The number of carbonyl (C=O) groups excluding carboxylic acids is 2. The molecule has 94 valence electrons. The highest BCUT2D eigenvalue weighted by Crippen LogP contribution is 2.24. The van der Waals surface area contributed by atoms with Gasteiger partial charge in [0.15, 0.2) is 0 Å². The van der Waals surface area contributed by atoms with E-state index in [9.17, 15) is 9.59 Å². The van der Waals surface area contributed by atoms with Crippen LogP contribution >= 0.6 is 11.8 Å². The van der Waals surface area contributed by atoms with Crippen molar-refractivity contribution in [2.45, 2.75) is 25.4 Å². The van der Waals surface area contributed by atoms with Crippen LogP contribution in [0.15, 0.2) is 5.03 Å². The molecule has 0 atom stereocenters. The van der Waals surface area contributed by atoms with Crippen molar-refractivity contribution in [2.24, 2.45) is 5.73 Å². The predicted octanol–water partition coefficient (Wildman–Crippen LogP) is 0.575. The van der Waals surface area contributed by atoms with E-state index in [0.717, 1.165) is 0 Å². The SMILES string of the molecule is CCOC(=O)c1c(C)nn(CC(N)=O)c1SC. The third-order valence-electron chi connectivity index (χ3n) is 2.06. The van der Waals surface area contributed by atoms with Crippen molar-refractivity contribution in [3.63, 3.8) is 0 Å². The highest BCUT2D eigenvalue weighted by atomic mass is 32.2. The Bertz CT molecular complexity index is 442. The van der Waals surface area contributed by atoms with E-state index >= 15 is 0 Å². The quantitative estimate of drug-likeness (QED) is 0.615. The number of aryl methyl sites for hydroxylation is 1. The van der Waals surface area contributed by atoms with Crippen LogP contribution in [0, 0.1) is 6.92 Å². The summed E-state index contributed by atoms with van der Waals surface area (Å²) in [5.41, 5.74) is 6.06. The lowest BCUT2D eigenvalue weighted by Crippen LogP contribution is -2.20. The third-order valence-corrected chi connectivity index (χ3v) is 2.86. The lowest BCUT2D eigenvalue weighted by molar-refractivity contribution is -0.118. The van der Waals surface area contributed by atoms with Gasteiger partial charge in [-0.2, -0.15) is 5.10 Å². The summed E-state index contributed by atoms with van der Waals surface area (Å²) in [6, 6.07) is 0. The smallest absolute Gasteiger partial charge is 0.342 e. The second-order valence-electron chi connectivity index (χ2n) is 3.31. The first-order chi connectivity index (χ1) is 8.01. The van der Waals surface area contributed by atoms with E-state index < -0.39 is 11.9 Å². The molecule has 1 heterocycles. The van der Waals surface area contributed by atoms with E-state index in [-0.39, 0.29) is 6.54 Å². The lowest BCUT2D eigenvalue weighted by atomic mass is 10.3. The van der Waals surface area contributed by atoms with Gasteiger partial charge in [-0.3, -0.25) is 4.79 Å². The minimum Gasteiger partial charge on any atom is -0.462 e. The summed E-state index contributed by atoms with van der Waals surface area (Å²) in [4.78, 5) is 22.6. The van der Waals surface area contributed by atoms with Gasteiger partial charge in [0.1, 0.15) is 17.1 Å². The number of esters is 1. The molecule has 0 radical (unpaired) electrons. The molecule has 6 nitrogen and oxygen atoms in total. The normalized spacial score (nSPS) is 10.3. The molecule has 0 fully saturated rings. The predicted molar refractivity (Wildman–Crippen MR) is 63.9 cm³/mol. The average molecular weight is 257 g/mol. The zero-order valence-corrected chi connectivity index (χ0v) is 10.8. The van der Waals surface area contributed by atoms with E-state index in [4.69, 9.17) is 10.5 Å². The molecule has 1 aromatic heterocycles. The highest BCUT2D eigenvalue weighted by Gasteiger charge is 2.22. The Kier molecular flexibility index (Phi) is 4.56. The van der Waals surface area contributed by atoms with Gasteiger partial charge in [-0.25, -0.2) is 9.48 Å². The molecule has 1 amide bonds. The molecule has 0 saturated heterocycles. The van der Waals surface area contributed by atoms with Crippen LogP contribution in [-0.2, 0) is 16.1 Å². The fourth-order valence-corrected chi connectivity index (χ4v) is 2.21. The number of aromatic nitrogens is 2. The van der Waals surface area contributed by atoms with Gasteiger partial charge in [0.2, 0.25) is 5.91 Å². The number of ether oxygens (including phenoxy) is 1. The zero-order valence-electron chi connectivity index (χ0n) is 10.0. The molecule has 1 rings (SSSR count). The fourth-order valence-electron chi connectivity index (χ4n) is 1.46. The number of hydrogen-bond donors (Lipinski definition) is 1. The van der Waals surface area contributed by atoms with Gasteiger partial charge in [0.05, 0.1) is 12.3 Å². The van der Waals surface area contributed by atoms with Crippen LogP contribution in [0.4, 0.5) is 0 Å². The van der Waals surface area contributed by atoms with Gasteiger partial charge < -0.3 is 10.5 Å². The Morgan fingerprint density at radius 1 is 1.53 bits per heavy atom. The summed E-state index contributed by atoms with van der Waals surface area (Å²) in [7, 11) is 0. The summed E-state index contributed by atoms with van der Waals surface area (Å²) in [5, 5.41) is 4.72. The Morgan fingerprint density at radius 3 is 2.65 bits per heavy atom. The van der Waals surface area contributed by atoms with Gasteiger partial charge in [-0.05, 0) is 20.1 Å². The Balaban J connectivity index is 3.16. The number of nitrogens with two attached hydrogens (primary N) is 1. The number of rotatable bonds is 5. The minimum absolute atomic E-state index is 0.0452. The molecule has 0 spiro atoms. The summed E-state index contributed by atoms with van der Waals surface area (Å²) in [5.74, 6) is -0.928. The fraction of sp³-hybridized carbons (Fsp3) is 0.500. The van der Waals surface area contributed by atoms with Crippen LogP contribution in [0.3, 0.4) is 0 Å². The molecule has 1 aromatic rings. The molecule has 7 heteroatoms. The Hall–Kier alpha value is -1.50. The van der Waals surface area contributed by atoms with Gasteiger partial charge in [-0.15, -0.1) is 11.8 Å². The van der Waals surface area contributed by atoms with E-state index in [1.54, 1.807) is 20.1 Å². The van der Waals surface area contributed by atoms with E-state index in [0.29, 0.717) is 22.9 Å². The van der Waals surface area contributed by atoms with Crippen molar-refractivity contribution in [3.05, 3.63) is 11.3 Å². The second-order valence-corrected chi connectivity index (χ2v) is 4.11. The minimum atomic E-state index is -0.502. The van der Waals surface area contributed by atoms with E-state index in [1.807, 2.05) is 0 Å². The molecule has 0 aliphatic heterocycles. The van der Waals surface area contributed by atoms with Crippen LogP contribution in [-0.4, -0.2) is 34.5 Å². The maximum absolute atomic E-state index is 11.7. The van der Waals surface area contributed by atoms with Gasteiger partial charge in [0, 0.05) is 0 Å². The number of carbonyl (C=O) groups is 2. The standard InChI is InChI=1S/C10H15N3O3S/c1-4-16-10(15)8-6(2)12-13(5-7(11)14)9(8)17-3/h4-5H2,1-3H3,(H2,11,14). The lowest BCUT2D eigenvalue weighted by Gasteiger charge is -2.04. The van der Waals surface area contributed by atoms with Gasteiger partial charge in [-0.1, -0.05) is 0 Å². The molecule has 0 bridgehead atoms. The van der Waals surface area contributed by atoms with Crippen molar-refractivity contribution < 1.29 is 14.3 Å². The highest BCUT2D eigenvalue weighted by molar-refractivity contribution is 7.98. The van der Waals surface area contributed by atoms with Crippen LogP contribution in [0.2, 0.25) is 0 Å². The maximum Gasteiger partial charge on any atom is 0.342 e. The van der Waals surface area contributed by atoms with Crippen LogP contribution in [0.25, 0.3) is 0 Å². The van der Waals surface area contributed by atoms with Crippen molar-refractivity contribution >= 4 is 23.6 Å². The maximum atomic E-state index is 11.7. The molecule has 0 aliphatic rings. The van der Waals surface area contributed by atoms with Crippen molar-refractivity contribution in [1.82, 2.24) is 9.78 Å². The topological polar surface area (TPSA) is 87.2 Å². The number of nitrogens with zero attached hydrogens (tertiary/aromatic N) is 2. The Labute approximate surface area is 103 Å². The van der Waals surface area contributed by atoms with E-state index in [1.165, 1.54) is 16.4 Å². The average Bonchev–Trinajstić information content (AvgIpc) is 2.53. The largest absolute Gasteiger partial charge is 0.462 e. The summed E-state index contributed by atoms with van der Waals surface area (Å²) in [6.45, 7) is 3.69. The van der Waals surface area contributed by atoms with Crippen LogP contribution in [0.1, 0.15) is 23.0 Å². The number of primary amides is 1. The summed E-state index contributed by atoms with van der Waals surface area (Å²) < 4.78 is 6.37. The molecule has 2 N–H and O–H groups in total. The Morgan fingerprint density at radius 2 is 2.18 bits per heavy atom. The monoisotopic (exact) mass is 257 g/mol. The van der Waals surface area contributed by atoms with Gasteiger partial charge >= 0.3 is 5.97 Å². The number of hydrogen-bond acceptors (Lipinski definition) is 5. The van der Waals surface area contributed by atoms with Crippen molar-refractivity contribution in [1.29, 1.82) is 0 Å². The van der Waals surface area contributed by atoms with E-state index in [2.05, 4.69) is 5.10 Å². The van der Waals surface area contributed by atoms with Crippen molar-refractivity contribution in [2.75, 3.05) is 12.9 Å². The molecule has 0 unspecified atom stereocenters. The van der Waals surface area contributed by atoms with Crippen molar-refractivity contribution in [3.8, 4) is 0 Å². The second kappa shape index (κ2) is 5.72. The third kappa shape index (κ3) is 3.00. The molecule has 0 saturated carbocycles. The summed E-state index contributed by atoms with van der Waals surface area (Å²) in [6.07, 6.45) is 1.80. The van der Waals surface area contributed by atoms with Gasteiger partial charge in [0.25, 0.3) is 0 Å². The first kappa shape index (κ1) is 13.6. The number of thioether (sulfide) groups is 1. The number of amides is 1. The van der Waals surface area contributed by atoms with Crippen LogP contribution < -0.4 is 5.73 Å². The summed E-state index contributed by atoms with van der Waals surface area (Å²) >= 11 is 1.33. The zero-order chi connectivity index (χ0) is 13.0.